The summed E-state index contributed by atoms with van der Waals surface area (Å²) in [7, 11) is 7.29. The van der Waals surface area contributed by atoms with E-state index in [4.69, 9.17) is 5.73 Å². The highest BCUT2D eigenvalue weighted by Gasteiger charge is 2.54. The Bertz CT molecular complexity index is 1070. The molecule has 1 amide bonds. The molecule has 0 radical (unpaired) electrons. The summed E-state index contributed by atoms with van der Waals surface area (Å²) in [6.45, 7) is 0. The maximum atomic E-state index is 13.4. The van der Waals surface area contributed by atoms with Crippen LogP contribution in [0, 0.1) is 17.8 Å². The maximum Gasteiger partial charge on any atom is 0.255 e. The highest BCUT2D eigenvalue weighted by molar-refractivity contribution is 6.22. The van der Waals surface area contributed by atoms with Crippen LogP contribution in [0.2, 0.25) is 0 Å². The van der Waals surface area contributed by atoms with Gasteiger partial charge in [0.25, 0.3) is 5.91 Å². The molecule has 8 nitrogen and oxygen atoms in total. The summed E-state index contributed by atoms with van der Waals surface area (Å²) in [6, 6.07) is 4.82. The summed E-state index contributed by atoms with van der Waals surface area (Å²) < 4.78 is 0. The molecule has 0 saturated carbocycles. The van der Waals surface area contributed by atoms with Crippen molar-refractivity contribution < 1.29 is 24.6 Å². The van der Waals surface area contributed by atoms with E-state index >= 15 is 0 Å². The second-order valence-electron chi connectivity index (χ2n) is 9.00. The maximum absolute atomic E-state index is 13.4. The van der Waals surface area contributed by atoms with E-state index in [-0.39, 0.29) is 28.8 Å². The predicted octanol–water partition coefficient (Wildman–Crippen LogP) is 1.37. The number of allylic oxidation sites excluding steroid dienone is 2. The molecule has 3 aliphatic rings. The van der Waals surface area contributed by atoms with E-state index in [1.54, 1.807) is 31.1 Å². The number of ketones is 2. The second-order valence-corrected chi connectivity index (χ2v) is 9.00. The lowest BCUT2D eigenvalue weighted by atomic mass is 9.61. The zero-order chi connectivity index (χ0) is 22.8. The molecule has 4 atom stereocenters. The number of rotatable bonds is 3. The number of hydrogen-bond donors (Lipinski definition) is 3. The van der Waals surface area contributed by atoms with Crippen LogP contribution in [0.15, 0.2) is 40.9 Å². The number of nitrogens with zero attached hydrogens (tertiary/aromatic N) is 2. The molecule has 0 aromatic heterocycles. The van der Waals surface area contributed by atoms with Gasteiger partial charge in [0.15, 0.2) is 11.6 Å². The number of carbonyl (C=O) groups excluding carboxylic acids is 3. The number of Topliss-reactive ketones (excluding diaryl/α,β-unsaturated/α-hetero) is 2. The van der Waals surface area contributed by atoms with Crippen molar-refractivity contribution in [3.63, 3.8) is 0 Å². The number of amides is 1. The summed E-state index contributed by atoms with van der Waals surface area (Å²) in [5, 5.41) is 21.9. The summed E-state index contributed by atoms with van der Waals surface area (Å²) >= 11 is 0. The lowest BCUT2D eigenvalue weighted by Gasteiger charge is -2.46. The lowest BCUT2D eigenvalue weighted by molar-refractivity contribution is -0.127. The molecule has 0 heterocycles. The van der Waals surface area contributed by atoms with E-state index in [1.165, 1.54) is 0 Å². The molecule has 0 saturated heterocycles. The average Bonchev–Trinajstić information content (AvgIpc) is 2.66. The van der Waals surface area contributed by atoms with E-state index in [9.17, 15) is 24.6 Å². The van der Waals surface area contributed by atoms with Crippen molar-refractivity contribution in [1.82, 2.24) is 4.90 Å². The first-order valence-electron chi connectivity index (χ1n) is 10.3. The molecule has 31 heavy (non-hydrogen) atoms. The monoisotopic (exact) mass is 425 g/mol. The van der Waals surface area contributed by atoms with Crippen molar-refractivity contribution in [3.05, 3.63) is 52.0 Å². The number of aliphatic hydroxyl groups is 2. The third kappa shape index (κ3) is 2.96. The van der Waals surface area contributed by atoms with Crippen LogP contribution in [-0.4, -0.2) is 66.8 Å². The molecule has 4 N–H and O–H groups in total. The van der Waals surface area contributed by atoms with Crippen LogP contribution in [0.1, 0.15) is 22.3 Å². The first-order valence-corrected chi connectivity index (χ1v) is 10.3. The van der Waals surface area contributed by atoms with Crippen LogP contribution in [0.3, 0.4) is 0 Å². The molecular formula is C23H27N3O5. The van der Waals surface area contributed by atoms with E-state index < -0.39 is 35.1 Å². The molecule has 164 valence electrons. The van der Waals surface area contributed by atoms with Gasteiger partial charge in [-0.2, -0.15) is 0 Å². The van der Waals surface area contributed by atoms with Crippen molar-refractivity contribution in [2.24, 2.45) is 23.5 Å². The van der Waals surface area contributed by atoms with Crippen LogP contribution < -0.4 is 10.6 Å². The van der Waals surface area contributed by atoms with Gasteiger partial charge >= 0.3 is 0 Å². The second kappa shape index (κ2) is 7.23. The first kappa shape index (κ1) is 21.1. The number of nitrogens with two attached hydrogens (primary N) is 1. The Morgan fingerprint density at radius 1 is 1.10 bits per heavy atom. The van der Waals surface area contributed by atoms with Gasteiger partial charge in [0, 0.05) is 30.9 Å². The van der Waals surface area contributed by atoms with Crippen molar-refractivity contribution >= 4 is 23.2 Å². The largest absolute Gasteiger partial charge is 0.511 e. The summed E-state index contributed by atoms with van der Waals surface area (Å²) in [4.78, 5) is 42.1. The normalized spacial score (nSPS) is 27.8. The minimum Gasteiger partial charge on any atom is -0.511 e. The summed E-state index contributed by atoms with van der Waals surface area (Å²) in [5.74, 6) is -4.58. The van der Waals surface area contributed by atoms with E-state index in [0.29, 0.717) is 18.4 Å². The Morgan fingerprint density at radius 2 is 1.77 bits per heavy atom. The van der Waals surface area contributed by atoms with Crippen LogP contribution in [-0.2, 0) is 16.0 Å². The number of anilines is 1. The Hall–Kier alpha value is -3.13. The minimum absolute atomic E-state index is 0.237. The van der Waals surface area contributed by atoms with Gasteiger partial charge in [0.2, 0.25) is 0 Å². The highest BCUT2D eigenvalue weighted by Crippen LogP contribution is 2.50. The number of primary amides is 1. The zero-order valence-corrected chi connectivity index (χ0v) is 18.0. The molecule has 1 aromatic rings. The number of carbonyl (C=O) groups is 3. The Morgan fingerprint density at radius 3 is 2.35 bits per heavy atom. The van der Waals surface area contributed by atoms with Crippen LogP contribution >= 0.6 is 0 Å². The SMILES string of the molecule is CN(C)c1cccc2c1CC1CC3C(C(=O)C(C(N)=O)=C(O)[C@@H]3N(C)C)C(O)=C1C2=O. The molecule has 0 aliphatic heterocycles. The van der Waals surface area contributed by atoms with Gasteiger partial charge in [-0.25, -0.2) is 0 Å². The van der Waals surface area contributed by atoms with Crippen LogP contribution in [0.5, 0.6) is 0 Å². The van der Waals surface area contributed by atoms with Crippen molar-refractivity contribution in [2.75, 3.05) is 33.1 Å². The van der Waals surface area contributed by atoms with Gasteiger partial charge < -0.3 is 20.8 Å². The zero-order valence-electron chi connectivity index (χ0n) is 18.0. The van der Waals surface area contributed by atoms with Gasteiger partial charge in [0.1, 0.15) is 17.1 Å². The molecule has 1 aromatic carbocycles. The smallest absolute Gasteiger partial charge is 0.255 e. The van der Waals surface area contributed by atoms with Crippen LogP contribution in [0.4, 0.5) is 5.69 Å². The third-order valence-electron chi connectivity index (χ3n) is 6.81. The molecule has 0 fully saturated rings. The number of hydrogen-bond acceptors (Lipinski definition) is 7. The van der Waals surface area contributed by atoms with Crippen molar-refractivity contribution in [3.8, 4) is 0 Å². The Kier molecular flexibility index (Phi) is 4.93. The van der Waals surface area contributed by atoms with Gasteiger partial charge in [-0.3, -0.25) is 19.3 Å². The van der Waals surface area contributed by atoms with Gasteiger partial charge in [-0.15, -0.1) is 0 Å². The fourth-order valence-corrected chi connectivity index (χ4v) is 5.60. The first-order chi connectivity index (χ1) is 14.6. The number of likely N-dealkylation sites (N-methyl/N-ethyl adjacent to an activating group) is 1. The van der Waals surface area contributed by atoms with Gasteiger partial charge in [-0.1, -0.05) is 12.1 Å². The molecule has 3 unspecified atom stereocenters. The minimum atomic E-state index is -1.08. The standard InChI is InChI=1S/C23H27N3O5/c1-25(2)14-7-5-6-11-12(14)8-10-9-13-16(20(28)15(10)19(11)27)21(29)17(23(24)31)22(30)18(13)26(3)4/h5-7,10,13,16,18,28,30H,8-9H2,1-4H3,(H2,24,31)/t10?,13?,16?,18-/m1/s1. The molecule has 0 bridgehead atoms. The molecule has 8 heteroatoms. The highest BCUT2D eigenvalue weighted by atomic mass is 16.3. The number of benzene rings is 1. The summed E-state index contributed by atoms with van der Waals surface area (Å²) in [5.41, 5.74) is 7.49. The molecule has 0 spiro atoms. The van der Waals surface area contributed by atoms with E-state index in [0.717, 1.165) is 11.3 Å². The third-order valence-corrected chi connectivity index (χ3v) is 6.81. The quantitative estimate of drug-likeness (QED) is 0.625. The van der Waals surface area contributed by atoms with E-state index in [1.807, 2.05) is 25.1 Å². The summed E-state index contributed by atoms with van der Waals surface area (Å²) in [6.07, 6.45) is 0.960. The fraction of sp³-hybridized carbons (Fsp3) is 0.435. The molecular weight excluding hydrogens is 398 g/mol. The van der Waals surface area contributed by atoms with Gasteiger partial charge in [-0.05, 0) is 50.4 Å². The molecule has 3 aliphatic carbocycles. The Labute approximate surface area is 180 Å². The topological polar surface area (TPSA) is 124 Å². The van der Waals surface area contributed by atoms with Gasteiger partial charge in [0.05, 0.1) is 12.0 Å². The van der Waals surface area contributed by atoms with Crippen molar-refractivity contribution in [1.29, 1.82) is 0 Å². The van der Waals surface area contributed by atoms with E-state index in [2.05, 4.69) is 0 Å². The predicted molar refractivity (Wildman–Crippen MR) is 115 cm³/mol. The lowest BCUT2D eigenvalue weighted by Crippen LogP contribution is -2.53. The van der Waals surface area contributed by atoms with Crippen molar-refractivity contribution in [2.45, 2.75) is 18.9 Å². The number of aliphatic hydroxyl groups excluding tert-OH is 2. The Balaban J connectivity index is 1.89. The molecule has 4 rings (SSSR count). The van der Waals surface area contributed by atoms with Crippen LogP contribution in [0.25, 0.3) is 0 Å². The average molecular weight is 425 g/mol. The fourth-order valence-electron chi connectivity index (χ4n) is 5.60. The number of fused-ring (bicyclic) bond motifs is 3.